The molecule has 5 rings (SSSR count). The summed E-state index contributed by atoms with van der Waals surface area (Å²) < 4.78 is 5.51. The van der Waals surface area contributed by atoms with Crippen LogP contribution in [0, 0.1) is 5.92 Å². The lowest BCUT2D eigenvalue weighted by molar-refractivity contribution is -0.144. The lowest BCUT2D eigenvalue weighted by atomic mass is 10.0. The molecule has 0 aliphatic carbocycles. The zero-order valence-corrected chi connectivity index (χ0v) is 50.8. The predicted octanol–water partition coefficient (Wildman–Crippen LogP) is 1.72. The number of hydrogen-bond donors (Lipinski definition) is 12. The Morgan fingerprint density at radius 1 is 0.670 bits per heavy atom. The van der Waals surface area contributed by atoms with Gasteiger partial charge in [-0.25, -0.2) is 4.98 Å². The predicted molar refractivity (Wildman–Crippen MR) is 328 cm³/mol. The van der Waals surface area contributed by atoms with Crippen LogP contribution in [0.4, 0.5) is 5.69 Å². The van der Waals surface area contributed by atoms with Crippen LogP contribution in [0.5, 0.6) is 5.75 Å². The average molecular weight is 1240 g/mol. The van der Waals surface area contributed by atoms with E-state index >= 15 is 0 Å². The number of pyridine rings is 1. The lowest BCUT2D eigenvalue weighted by Crippen LogP contribution is -2.58. The van der Waals surface area contributed by atoms with Gasteiger partial charge in [-0.1, -0.05) is 67.9 Å². The molecule has 0 saturated carbocycles. The Bertz CT molecular complexity index is 3160. The van der Waals surface area contributed by atoms with E-state index < -0.39 is 108 Å². The molecule has 0 radical (unpaired) electrons. The molecule has 2 heterocycles. The molecule has 8 atom stereocenters. The van der Waals surface area contributed by atoms with Gasteiger partial charge in [-0.3, -0.25) is 52.9 Å². The number of aromatic nitrogens is 3. The number of nitrogens with one attached hydrogen (secondary N) is 9. The van der Waals surface area contributed by atoms with Gasteiger partial charge in [-0.05, 0) is 107 Å². The molecule has 0 fully saturated rings. The second kappa shape index (κ2) is 35.5. The molecule has 1 unspecified atom stereocenters. The van der Waals surface area contributed by atoms with Gasteiger partial charge >= 0.3 is 5.97 Å². The molecule has 5 aromatic rings. The number of rotatable bonds is 37. The third-order valence-electron chi connectivity index (χ3n) is 14.4. The van der Waals surface area contributed by atoms with Gasteiger partial charge in [0.1, 0.15) is 48.6 Å². The summed E-state index contributed by atoms with van der Waals surface area (Å²) in [5.41, 5.74) is 14.3. The van der Waals surface area contributed by atoms with Crippen molar-refractivity contribution >= 4 is 87.3 Å². The van der Waals surface area contributed by atoms with Crippen molar-refractivity contribution in [3.05, 3.63) is 119 Å². The van der Waals surface area contributed by atoms with Crippen LogP contribution < -0.4 is 54.0 Å². The molecule has 0 spiro atoms. The zero-order chi connectivity index (χ0) is 64.3. The molecule has 0 saturated heterocycles. The van der Waals surface area contributed by atoms with Gasteiger partial charge in [-0.2, -0.15) is 0 Å². The van der Waals surface area contributed by atoms with Crippen molar-refractivity contribution in [1.82, 2.24) is 57.1 Å². The van der Waals surface area contributed by atoms with Crippen LogP contribution in [-0.4, -0.2) is 159 Å². The zero-order valence-electron chi connectivity index (χ0n) is 50.1. The van der Waals surface area contributed by atoms with Crippen molar-refractivity contribution in [3.63, 3.8) is 0 Å². The van der Waals surface area contributed by atoms with Gasteiger partial charge in [0.2, 0.25) is 53.2 Å². The third kappa shape index (κ3) is 23.9. The molecule has 27 heteroatoms. The summed E-state index contributed by atoms with van der Waals surface area (Å²) in [6, 6.07) is 14.5. The molecule has 0 bridgehead atoms. The van der Waals surface area contributed by atoms with E-state index in [0.29, 0.717) is 28.4 Å². The summed E-state index contributed by atoms with van der Waals surface area (Å²) in [7, 11) is 0. The minimum absolute atomic E-state index is 0.0237. The second-order valence-corrected chi connectivity index (χ2v) is 22.0. The molecule has 0 aliphatic heterocycles. The van der Waals surface area contributed by atoms with E-state index in [2.05, 4.69) is 69.3 Å². The van der Waals surface area contributed by atoms with Gasteiger partial charge in [-0.15, -0.1) is 0 Å². The fourth-order valence-corrected chi connectivity index (χ4v) is 9.36. The molecule has 0 aliphatic rings. The van der Waals surface area contributed by atoms with E-state index in [4.69, 9.17) is 27.8 Å². The van der Waals surface area contributed by atoms with Gasteiger partial charge in [0.15, 0.2) is 0 Å². The Morgan fingerprint density at radius 3 is 1.95 bits per heavy atom. The van der Waals surface area contributed by atoms with Crippen LogP contribution in [0.2, 0.25) is 5.02 Å². The van der Waals surface area contributed by atoms with E-state index in [9.17, 15) is 53.1 Å². The Hall–Kier alpha value is -9.17. The summed E-state index contributed by atoms with van der Waals surface area (Å²) in [5, 5.41) is 32.8. The van der Waals surface area contributed by atoms with Crippen molar-refractivity contribution in [2.45, 2.75) is 135 Å². The Morgan fingerprint density at radius 2 is 1.30 bits per heavy atom. The smallest absolute Gasteiger partial charge is 0.305 e. The number of likely N-dealkylation sites (N-methyl/N-ethyl adjacent to an activating group) is 1. The number of anilines is 1. The van der Waals surface area contributed by atoms with E-state index in [-0.39, 0.29) is 63.3 Å². The van der Waals surface area contributed by atoms with Crippen LogP contribution in [0.1, 0.15) is 90.0 Å². The standard InChI is InChI=1S/C61H81ClN14O12/c1-6-76(26-10-11-37(3)69-46-24-25-66-48-31-42(62)17-20-45(46)48)27-28-88-54(80)23-21-47(55(64)81)73-61(87)50(29-40-12-8-7-9-13-40)75-58(84)39(5)70-57(83)38(4)71-60(86)51(32-43-33-65-35-68-43)72-53(79)34-67-59(85)49(30-41-15-18-44(77)19-16-41)74-56(82)36(2)14-22-52(63)78/h7-9,12-13,15-20,24-25,31,33,35-39,47,49-51,77H,6,10-11,14,21-23,26-30,32,34H2,1-5H3,(H2,63,78)(H2,64,81)(H,65,68)(H,66,69)(H,67,85)(H,70,83)(H,71,86)(H,72,79)(H,73,87)(H,74,82)(H,75,84)/t36-,37?,38-,39-,47-,49-,50-,51-/m0/s1. The van der Waals surface area contributed by atoms with Crippen LogP contribution in [0.3, 0.4) is 0 Å². The molecule has 88 heavy (non-hydrogen) atoms. The summed E-state index contributed by atoms with van der Waals surface area (Å²) in [6.45, 7) is 9.77. The highest BCUT2D eigenvalue weighted by molar-refractivity contribution is 6.31. The number of phenols is 1. The number of H-pyrrole nitrogens is 1. The van der Waals surface area contributed by atoms with Gasteiger partial charge in [0.05, 0.1) is 18.4 Å². The number of phenolic OH excluding ortho intramolecular Hbond substituents is 1. The van der Waals surface area contributed by atoms with Crippen molar-refractivity contribution in [2.75, 3.05) is 38.1 Å². The maximum Gasteiger partial charge on any atom is 0.305 e. The number of nitrogens with zero attached hydrogens (tertiary/aromatic N) is 3. The number of carbonyl (C=O) groups excluding carboxylic acids is 10. The fourth-order valence-electron chi connectivity index (χ4n) is 9.20. The minimum Gasteiger partial charge on any atom is -0.508 e. The SMILES string of the molecule is CCN(CCCC(C)Nc1ccnc2cc(Cl)ccc12)CCOC(=O)CC[C@H](NC(=O)[C@H](Cc1ccccc1)NC(=O)[C@H](C)NC(=O)[C@H](C)NC(=O)[C@H](Cc1cnc[nH]1)NC(=O)CNC(=O)[C@H](Cc1ccc(O)cc1)NC(=O)[C@@H](C)CCC(N)=O)C(N)=O. The summed E-state index contributed by atoms with van der Waals surface area (Å²) in [6.07, 6.45) is 5.63. The number of primary amides is 2. The topological polar surface area (TPSA) is 393 Å². The van der Waals surface area contributed by atoms with Crippen molar-refractivity contribution in [1.29, 1.82) is 0 Å². The Kier molecular flexibility index (Phi) is 28.0. The van der Waals surface area contributed by atoms with Gasteiger partial charge in [0.25, 0.3) is 0 Å². The highest BCUT2D eigenvalue weighted by Gasteiger charge is 2.32. The van der Waals surface area contributed by atoms with E-state index in [1.165, 1.54) is 38.5 Å². The number of fused-ring (bicyclic) bond motifs is 1. The maximum absolute atomic E-state index is 13.9. The number of benzene rings is 3. The molecule has 3 aromatic carbocycles. The Balaban J connectivity index is 1.11. The largest absolute Gasteiger partial charge is 0.508 e. The van der Waals surface area contributed by atoms with E-state index in [1.54, 1.807) is 55.6 Å². The summed E-state index contributed by atoms with van der Waals surface area (Å²) in [4.78, 5) is 145. The van der Waals surface area contributed by atoms with Gasteiger partial charge < -0.3 is 73.7 Å². The molecule has 14 N–H and O–H groups in total. The fraction of sp³-hybridized carbons (Fsp3) is 0.443. The van der Waals surface area contributed by atoms with Crippen molar-refractivity contribution in [3.8, 4) is 5.75 Å². The van der Waals surface area contributed by atoms with Crippen LogP contribution >= 0.6 is 11.6 Å². The Labute approximate surface area is 515 Å². The lowest BCUT2D eigenvalue weighted by Gasteiger charge is -2.25. The number of hydrogen-bond acceptors (Lipinski definition) is 16. The number of amides is 9. The molecule has 26 nitrogen and oxygen atoms in total. The number of halogens is 1. The van der Waals surface area contributed by atoms with Crippen molar-refractivity contribution < 1.29 is 57.8 Å². The highest BCUT2D eigenvalue weighted by atomic mass is 35.5. The highest BCUT2D eigenvalue weighted by Crippen LogP contribution is 2.25. The summed E-state index contributed by atoms with van der Waals surface area (Å²) >= 11 is 6.16. The molecule has 474 valence electrons. The van der Waals surface area contributed by atoms with Crippen LogP contribution in [0.25, 0.3) is 10.9 Å². The number of ether oxygens (including phenoxy) is 1. The number of aromatic amines is 1. The molecule has 2 aromatic heterocycles. The van der Waals surface area contributed by atoms with Gasteiger partial charge in [0, 0.05) is 84.8 Å². The van der Waals surface area contributed by atoms with Crippen LogP contribution in [-0.2, 0) is 71.9 Å². The van der Waals surface area contributed by atoms with Crippen LogP contribution in [0.15, 0.2) is 97.6 Å². The molecular formula is C61H81ClN14O12. The normalized spacial score (nSPS) is 13.9. The quantitative estimate of drug-likeness (QED) is 0.0252. The minimum atomic E-state index is -1.34. The second-order valence-electron chi connectivity index (χ2n) is 21.5. The number of imidazole rings is 1. The number of esters is 1. The number of aromatic hydroxyl groups is 1. The molecule has 9 amide bonds. The first-order valence-corrected chi connectivity index (χ1v) is 29.5. The number of nitrogens with two attached hydrogens (primary N) is 2. The first-order chi connectivity index (χ1) is 42.0. The maximum atomic E-state index is 13.9. The third-order valence-corrected chi connectivity index (χ3v) is 14.6. The first-order valence-electron chi connectivity index (χ1n) is 29.1. The number of carbonyl (C=O) groups is 10. The summed E-state index contributed by atoms with van der Waals surface area (Å²) in [5.74, 6) is -8.26. The van der Waals surface area contributed by atoms with E-state index in [0.717, 1.165) is 42.5 Å². The molecular weight excluding hydrogens is 1160 g/mol. The van der Waals surface area contributed by atoms with E-state index in [1.807, 2.05) is 31.2 Å². The van der Waals surface area contributed by atoms with Crippen molar-refractivity contribution in [2.24, 2.45) is 17.4 Å². The first kappa shape index (κ1) is 69.6. The average Bonchev–Trinajstić information content (AvgIpc) is 3.43. The monoisotopic (exact) mass is 1240 g/mol.